The van der Waals surface area contributed by atoms with E-state index in [0.29, 0.717) is 0 Å². The highest BCUT2D eigenvalue weighted by Crippen LogP contribution is 2.10. The molecule has 2 heteroatoms. The van der Waals surface area contributed by atoms with Gasteiger partial charge >= 0.3 is 0 Å². The van der Waals surface area contributed by atoms with Crippen LogP contribution in [0.3, 0.4) is 0 Å². The van der Waals surface area contributed by atoms with Crippen LogP contribution in [0.25, 0.3) is 0 Å². The highest BCUT2D eigenvalue weighted by atomic mass is 15.1. The fraction of sp³-hybridized carbons (Fsp3) is 1.00. The Morgan fingerprint density at radius 2 is 2.07 bits per heavy atom. The van der Waals surface area contributed by atoms with Gasteiger partial charge in [-0.05, 0) is 38.9 Å². The molecule has 1 heterocycles. The van der Waals surface area contributed by atoms with Crippen molar-refractivity contribution in [1.82, 2.24) is 10.2 Å². The van der Waals surface area contributed by atoms with Gasteiger partial charge < -0.3 is 10.2 Å². The van der Waals surface area contributed by atoms with Gasteiger partial charge in [0, 0.05) is 12.6 Å². The molecule has 0 aliphatic carbocycles. The van der Waals surface area contributed by atoms with Crippen LogP contribution >= 0.6 is 0 Å². The van der Waals surface area contributed by atoms with E-state index in [1.807, 2.05) is 0 Å². The Bertz CT molecular complexity index is 139. The molecule has 0 aromatic carbocycles. The van der Waals surface area contributed by atoms with E-state index in [1.165, 1.54) is 64.7 Å². The second-order valence-electron chi connectivity index (χ2n) is 4.75. The molecular weight excluding hydrogens is 184 g/mol. The third-order valence-electron chi connectivity index (χ3n) is 3.42. The summed E-state index contributed by atoms with van der Waals surface area (Å²) in [5, 5.41) is 3.68. The van der Waals surface area contributed by atoms with E-state index >= 15 is 0 Å². The maximum absolute atomic E-state index is 3.68. The van der Waals surface area contributed by atoms with Crippen LogP contribution in [0.2, 0.25) is 0 Å². The molecular formula is C13H28N2. The molecule has 1 unspecified atom stereocenters. The second kappa shape index (κ2) is 8.12. The van der Waals surface area contributed by atoms with Gasteiger partial charge in [-0.25, -0.2) is 0 Å². The number of nitrogens with one attached hydrogen (secondary N) is 1. The van der Waals surface area contributed by atoms with Gasteiger partial charge in [0.15, 0.2) is 0 Å². The van der Waals surface area contributed by atoms with Gasteiger partial charge in [0.05, 0.1) is 0 Å². The first-order valence-electron chi connectivity index (χ1n) is 6.82. The van der Waals surface area contributed by atoms with Crippen LogP contribution < -0.4 is 5.32 Å². The summed E-state index contributed by atoms with van der Waals surface area (Å²) < 4.78 is 0. The first kappa shape index (κ1) is 13.0. The topological polar surface area (TPSA) is 15.3 Å². The van der Waals surface area contributed by atoms with Crippen LogP contribution in [0.4, 0.5) is 0 Å². The van der Waals surface area contributed by atoms with Crippen LogP contribution in [-0.2, 0) is 0 Å². The van der Waals surface area contributed by atoms with E-state index in [9.17, 15) is 0 Å². The van der Waals surface area contributed by atoms with Crippen molar-refractivity contribution < 1.29 is 0 Å². The summed E-state index contributed by atoms with van der Waals surface area (Å²) in [6.07, 6.45) is 8.25. The highest BCUT2D eigenvalue weighted by Gasteiger charge is 2.14. The monoisotopic (exact) mass is 212 g/mol. The molecule has 0 saturated carbocycles. The first-order valence-corrected chi connectivity index (χ1v) is 6.82. The minimum atomic E-state index is 0.754. The molecule has 1 aliphatic rings. The van der Waals surface area contributed by atoms with Crippen molar-refractivity contribution in [2.24, 2.45) is 0 Å². The number of unbranched alkanes of at least 4 members (excludes halogenated alkanes) is 1. The Hall–Kier alpha value is -0.0800. The fourth-order valence-corrected chi connectivity index (χ4v) is 2.33. The number of hydrogen-bond donors (Lipinski definition) is 1. The molecule has 1 fully saturated rings. The highest BCUT2D eigenvalue weighted by molar-refractivity contribution is 4.74. The van der Waals surface area contributed by atoms with Gasteiger partial charge in [0.1, 0.15) is 0 Å². The Balaban J connectivity index is 2.22. The Kier molecular flexibility index (Phi) is 7.03. The molecule has 1 atom stereocenters. The fourth-order valence-electron chi connectivity index (χ4n) is 2.33. The molecule has 0 aromatic rings. The Labute approximate surface area is 95.4 Å². The summed E-state index contributed by atoms with van der Waals surface area (Å²) in [6.45, 7) is 9.54. The zero-order valence-corrected chi connectivity index (χ0v) is 10.6. The number of nitrogens with zero attached hydrogens (tertiary/aromatic N) is 1. The molecule has 0 bridgehead atoms. The van der Waals surface area contributed by atoms with E-state index in [1.54, 1.807) is 0 Å². The summed E-state index contributed by atoms with van der Waals surface area (Å²) in [4.78, 5) is 2.60. The van der Waals surface area contributed by atoms with Crippen LogP contribution in [-0.4, -0.2) is 37.1 Å². The number of hydrogen-bond acceptors (Lipinski definition) is 2. The Morgan fingerprint density at radius 1 is 1.20 bits per heavy atom. The first-order chi connectivity index (χ1) is 7.36. The van der Waals surface area contributed by atoms with Crippen molar-refractivity contribution in [2.45, 2.75) is 58.4 Å². The van der Waals surface area contributed by atoms with Crippen molar-refractivity contribution in [3.63, 3.8) is 0 Å². The molecule has 0 amide bonds. The van der Waals surface area contributed by atoms with Gasteiger partial charge in [0.25, 0.3) is 0 Å². The van der Waals surface area contributed by atoms with Crippen molar-refractivity contribution in [3.05, 3.63) is 0 Å². The van der Waals surface area contributed by atoms with Crippen molar-refractivity contribution in [3.8, 4) is 0 Å². The lowest BCUT2D eigenvalue weighted by molar-refractivity contribution is 0.246. The average molecular weight is 212 g/mol. The van der Waals surface area contributed by atoms with Gasteiger partial charge in [-0.1, -0.05) is 33.1 Å². The zero-order chi connectivity index (χ0) is 10.9. The van der Waals surface area contributed by atoms with E-state index in [0.717, 1.165) is 6.04 Å². The molecule has 0 spiro atoms. The van der Waals surface area contributed by atoms with Gasteiger partial charge in [-0.3, -0.25) is 0 Å². The molecule has 1 rings (SSSR count). The molecule has 1 N–H and O–H groups in total. The second-order valence-corrected chi connectivity index (χ2v) is 4.75. The third-order valence-corrected chi connectivity index (χ3v) is 3.42. The minimum absolute atomic E-state index is 0.754. The van der Waals surface area contributed by atoms with Crippen LogP contribution in [0, 0.1) is 0 Å². The summed E-state index contributed by atoms with van der Waals surface area (Å²) in [5.74, 6) is 0. The van der Waals surface area contributed by atoms with Crippen molar-refractivity contribution >= 4 is 0 Å². The lowest BCUT2D eigenvalue weighted by Crippen LogP contribution is -2.41. The van der Waals surface area contributed by atoms with Crippen LogP contribution in [0.1, 0.15) is 52.4 Å². The predicted molar refractivity (Wildman–Crippen MR) is 67.3 cm³/mol. The standard InChI is InChI=1S/C13H28N2/c1-3-5-11-15(4-2)12-13-9-7-6-8-10-14-13/h13-14H,3-12H2,1-2H3. The third kappa shape index (κ3) is 5.53. The lowest BCUT2D eigenvalue weighted by atomic mass is 10.1. The van der Waals surface area contributed by atoms with Gasteiger partial charge in [-0.2, -0.15) is 0 Å². The molecule has 2 nitrogen and oxygen atoms in total. The number of rotatable bonds is 6. The molecule has 1 saturated heterocycles. The Morgan fingerprint density at radius 3 is 2.80 bits per heavy atom. The molecule has 0 radical (unpaired) electrons. The SMILES string of the molecule is CCCCN(CC)CC1CCCCCN1. The van der Waals surface area contributed by atoms with E-state index in [4.69, 9.17) is 0 Å². The average Bonchev–Trinajstić information content (AvgIpc) is 2.52. The quantitative estimate of drug-likeness (QED) is 0.728. The van der Waals surface area contributed by atoms with Gasteiger partial charge in [-0.15, -0.1) is 0 Å². The zero-order valence-electron chi connectivity index (χ0n) is 10.6. The molecule has 0 aromatic heterocycles. The number of likely N-dealkylation sites (N-methyl/N-ethyl adjacent to an activating group) is 1. The largest absolute Gasteiger partial charge is 0.313 e. The lowest BCUT2D eigenvalue weighted by Gasteiger charge is -2.26. The summed E-state index contributed by atoms with van der Waals surface area (Å²) >= 11 is 0. The minimum Gasteiger partial charge on any atom is -0.313 e. The van der Waals surface area contributed by atoms with E-state index in [-0.39, 0.29) is 0 Å². The smallest absolute Gasteiger partial charge is 0.0195 e. The molecule has 90 valence electrons. The normalized spacial score (nSPS) is 23.0. The maximum atomic E-state index is 3.68. The summed E-state index contributed by atoms with van der Waals surface area (Å²) in [6, 6.07) is 0.754. The summed E-state index contributed by atoms with van der Waals surface area (Å²) in [7, 11) is 0. The van der Waals surface area contributed by atoms with Crippen LogP contribution in [0.15, 0.2) is 0 Å². The van der Waals surface area contributed by atoms with Crippen molar-refractivity contribution in [1.29, 1.82) is 0 Å². The van der Waals surface area contributed by atoms with Crippen molar-refractivity contribution in [2.75, 3.05) is 26.2 Å². The van der Waals surface area contributed by atoms with E-state index in [2.05, 4.69) is 24.1 Å². The van der Waals surface area contributed by atoms with Crippen LogP contribution in [0.5, 0.6) is 0 Å². The van der Waals surface area contributed by atoms with E-state index < -0.39 is 0 Å². The molecule has 15 heavy (non-hydrogen) atoms. The maximum Gasteiger partial charge on any atom is 0.0195 e. The molecule has 1 aliphatic heterocycles. The predicted octanol–water partition coefficient (Wildman–Crippen LogP) is 2.64. The summed E-state index contributed by atoms with van der Waals surface area (Å²) in [5.41, 5.74) is 0. The van der Waals surface area contributed by atoms with Gasteiger partial charge in [0.2, 0.25) is 0 Å².